The number of ether oxygens (including phenoxy) is 1. The van der Waals surface area contributed by atoms with Crippen LogP contribution < -0.4 is 0 Å². The summed E-state index contributed by atoms with van der Waals surface area (Å²) in [5, 5.41) is 0. The number of hydrogen-bond donors (Lipinski definition) is 0. The molecule has 0 aliphatic heterocycles. The monoisotopic (exact) mass is 222 g/mol. The lowest BCUT2D eigenvalue weighted by Gasteiger charge is -2.21. The fraction of sp³-hybridized carbons (Fsp3) is 0.692. The molecule has 2 bridgehead atoms. The number of esters is 1. The Labute approximate surface area is 95.9 Å². The fourth-order valence-corrected chi connectivity index (χ4v) is 2.56. The number of carbonyl (C=O) groups is 2. The molecule has 0 aromatic rings. The molecule has 0 amide bonds. The summed E-state index contributed by atoms with van der Waals surface area (Å²) >= 11 is 0. The maximum absolute atomic E-state index is 11.9. The van der Waals surface area contributed by atoms with Gasteiger partial charge in [-0.15, -0.1) is 0 Å². The van der Waals surface area contributed by atoms with E-state index >= 15 is 0 Å². The van der Waals surface area contributed by atoms with Gasteiger partial charge in [-0.2, -0.15) is 0 Å². The van der Waals surface area contributed by atoms with E-state index in [1.807, 2.05) is 0 Å². The lowest BCUT2D eigenvalue weighted by atomic mass is 9.89. The van der Waals surface area contributed by atoms with Gasteiger partial charge in [-0.3, -0.25) is 4.79 Å². The third kappa shape index (κ3) is 2.18. The van der Waals surface area contributed by atoms with Crippen molar-refractivity contribution in [2.24, 2.45) is 17.8 Å². The highest BCUT2D eigenvalue weighted by atomic mass is 16.6. The molecule has 2 rings (SSSR count). The van der Waals surface area contributed by atoms with Crippen molar-refractivity contribution >= 4 is 11.8 Å². The van der Waals surface area contributed by atoms with Gasteiger partial charge >= 0.3 is 5.97 Å². The van der Waals surface area contributed by atoms with Gasteiger partial charge < -0.3 is 4.74 Å². The largest absolute Gasteiger partial charge is 0.454 e. The van der Waals surface area contributed by atoms with Crippen LogP contribution in [0.5, 0.6) is 0 Å². The van der Waals surface area contributed by atoms with Crippen LogP contribution in [0, 0.1) is 17.8 Å². The second-order valence-corrected chi connectivity index (χ2v) is 5.75. The van der Waals surface area contributed by atoms with Gasteiger partial charge in [0.1, 0.15) is 5.60 Å². The molecule has 0 radical (unpaired) electrons. The Bertz CT molecular complexity index is 349. The lowest BCUT2D eigenvalue weighted by molar-refractivity contribution is -0.164. The number of ketones is 1. The third-order valence-electron chi connectivity index (χ3n) is 3.22. The Morgan fingerprint density at radius 2 is 1.88 bits per heavy atom. The Morgan fingerprint density at radius 1 is 1.19 bits per heavy atom. The average Bonchev–Trinajstić information content (AvgIpc) is 2.74. The molecule has 2 aliphatic rings. The fourth-order valence-electron chi connectivity index (χ4n) is 2.56. The van der Waals surface area contributed by atoms with Gasteiger partial charge in [0.15, 0.2) is 0 Å². The van der Waals surface area contributed by atoms with E-state index in [0.717, 1.165) is 12.8 Å². The standard InChI is InChI=1S/C13H18O3/c1-13(2,3)16-12(15)11(14)10-7-8-4-5-9(10)6-8/h4-5,8-10H,6-7H2,1-3H3/t8-,9+,10?/m0/s1. The van der Waals surface area contributed by atoms with Crippen molar-refractivity contribution < 1.29 is 14.3 Å². The summed E-state index contributed by atoms with van der Waals surface area (Å²) < 4.78 is 5.11. The normalized spacial score (nSPS) is 31.8. The van der Waals surface area contributed by atoms with Gasteiger partial charge in [0, 0.05) is 5.92 Å². The highest BCUT2D eigenvalue weighted by Crippen LogP contribution is 2.43. The van der Waals surface area contributed by atoms with Gasteiger partial charge in [0.2, 0.25) is 5.78 Å². The van der Waals surface area contributed by atoms with Gasteiger partial charge in [-0.1, -0.05) is 12.2 Å². The first-order valence-electron chi connectivity index (χ1n) is 5.82. The molecule has 2 aliphatic carbocycles. The minimum Gasteiger partial charge on any atom is -0.454 e. The van der Waals surface area contributed by atoms with Crippen molar-refractivity contribution in [2.75, 3.05) is 0 Å². The van der Waals surface area contributed by atoms with Crippen LogP contribution in [0.15, 0.2) is 12.2 Å². The molecular formula is C13H18O3. The molecule has 1 saturated carbocycles. The maximum Gasteiger partial charge on any atom is 0.375 e. The first-order chi connectivity index (χ1) is 7.37. The van der Waals surface area contributed by atoms with E-state index in [4.69, 9.17) is 4.74 Å². The lowest BCUT2D eigenvalue weighted by Crippen LogP contribution is -2.34. The van der Waals surface area contributed by atoms with Crippen LogP contribution in [0.3, 0.4) is 0 Å². The molecule has 0 heterocycles. The summed E-state index contributed by atoms with van der Waals surface area (Å²) in [5.41, 5.74) is -0.583. The highest BCUT2D eigenvalue weighted by molar-refractivity contribution is 6.34. The zero-order chi connectivity index (χ0) is 11.9. The van der Waals surface area contributed by atoms with Crippen molar-refractivity contribution in [1.82, 2.24) is 0 Å². The van der Waals surface area contributed by atoms with E-state index in [2.05, 4.69) is 12.2 Å². The molecule has 3 atom stereocenters. The number of Topliss-reactive ketones (excluding diaryl/α,β-unsaturated/α-hetero) is 1. The molecule has 3 heteroatoms. The number of hydrogen-bond acceptors (Lipinski definition) is 3. The van der Waals surface area contributed by atoms with Crippen LogP contribution in [-0.2, 0) is 14.3 Å². The Kier molecular flexibility index (Phi) is 2.64. The van der Waals surface area contributed by atoms with Gasteiger partial charge in [0.05, 0.1) is 0 Å². The predicted octanol–water partition coefficient (Wildman–Crippen LogP) is 2.11. The van der Waals surface area contributed by atoms with Crippen LogP contribution in [0.2, 0.25) is 0 Å². The topological polar surface area (TPSA) is 43.4 Å². The highest BCUT2D eigenvalue weighted by Gasteiger charge is 2.43. The summed E-state index contributed by atoms with van der Waals surface area (Å²) in [4.78, 5) is 23.5. The number of carbonyl (C=O) groups excluding carboxylic acids is 2. The number of allylic oxidation sites excluding steroid dienone is 2. The van der Waals surface area contributed by atoms with E-state index < -0.39 is 11.6 Å². The number of fused-ring (bicyclic) bond motifs is 2. The number of rotatable bonds is 2. The minimum atomic E-state index is -0.668. The summed E-state index contributed by atoms with van der Waals surface area (Å²) in [5.74, 6) is -0.374. The molecule has 0 saturated heterocycles. The zero-order valence-electron chi connectivity index (χ0n) is 10.0. The predicted molar refractivity (Wildman–Crippen MR) is 59.7 cm³/mol. The molecule has 0 spiro atoms. The minimum absolute atomic E-state index is 0.134. The summed E-state index contributed by atoms with van der Waals surface area (Å²) in [6.45, 7) is 5.33. The van der Waals surface area contributed by atoms with E-state index in [0.29, 0.717) is 5.92 Å². The van der Waals surface area contributed by atoms with Crippen LogP contribution in [-0.4, -0.2) is 17.4 Å². The third-order valence-corrected chi connectivity index (χ3v) is 3.22. The SMILES string of the molecule is CC(C)(C)OC(=O)C(=O)C1C[C@H]2C=C[C@@H]1C2. The van der Waals surface area contributed by atoms with Crippen molar-refractivity contribution in [3.8, 4) is 0 Å². The molecule has 1 fully saturated rings. The van der Waals surface area contributed by atoms with Gasteiger partial charge in [-0.05, 0) is 45.4 Å². The van der Waals surface area contributed by atoms with Crippen molar-refractivity contribution in [3.63, 3.8) is 0 Å². The second kappa shape index (κ2) is 3.72. The van der Waals surface area contributed by atoms with Crippen molar-refractivity contribution in [1.29, 1.82) is 0 Å². The Balaban J connectivity index is 1.98. The summed E-state index contributed by atoms with van der Waals surface area (Å²) in [7, 11) is 0. The van der Waals surface area contributed by atoms with E-state index in [1.165, 1.54) is 0 Å². The van der Waals surface area contributed by atoms with Crippen molar-refractivity contribution in [2.45, 2.75) is 39.2 Å². The second-order valence-electron chi connectivity index (χ2n) is 5.75. The smallest absolute Gasteiger partial charge is 0.375 e. The quantitative estimate of drug-likeness (QED) is 0.408. The van der Waals surface area contributed by atoms with Crippen LogP contribution in [0.25, 0.3) is 0 Å². The molecule has 88 valence electrons. The molecule has 3 nitrogen and oxygen atoms in total. The Hall–Kier alpha value is -1.12. The average molecular weight is 222 g/mol. The molecular weight excluding hydrogens is 204 g/mol. The van der Waals surface area contributed by atoms with Gasteiger partial charge in [0.25, 0.3) is 0 Å². The molecule has 0 aromatic heterocycles. The van der Waals surface area contributed by atoms with E-state index in [1.54, 1.807) is 20.8 Å². The Morgan fingerprint density at radius 3 is 2.31 bits per heavy atom. The first kappa shape index (κ1) is 11.4. The maximum atomic E-state index is 11.9. The first-order valence-corrected chi connectivity index (χ1v) is 5.82. The summed E-state index contributed by atoms with van der Waals surface area (Å²) in [6, 6.07) is 0. The van der Waals surface area contributed by atoms with Crippen LogP contribution in [0.1, 0.15) is 33.6 Å². The summed E-state index contributed by atoms with van der Waals surface area (Å²) in [6.07, 6.45) is 6.07. The van der Waals surface area contributed by atoms with Crippen LogP contribution >= 0.6 is 0 Å². The van der Waals surface area contributed by atoms with E-state index in [-0.39, 0.29) is 17.6 Å². The zero-order valence-corrected chi connectivity index (χ0v) is 10.0. The van der Waals surface area contributed by atoms with E-state index in [9.17, 15) is 9.59 Å². The molecule has 0 N–H and O–H groups in total. The van der Waals surface area contributed by atoms with Crippen molar-refractivity contribution in [3.05, 3.63) is 12.2 Å². The van der Waals surface area contributed by atoms with Crippen LogP contribution in [0.4, 0.5) is 0 Å². The molecule has 0 aromatic carbocycles. The molecule has 1 unspecified atom stereocenters. The van der Waals surface area contributed by atoms with Gasteiger partial charge in [-0.25, -0.2) is 4.79 Å². The molecule has 16 heavy (non-hydrogen) atoms.